The standard InChI is InChI=1S/C27H28N6O4/c1-35-21-6-4-19(5-7-21)22-8-10-25(31-29-22)33-15-12-20(13-16-33)27(34)28-14-18-37-26-11-9-23(30-32-26)24-3-2-17-36-24/h2-11,17,20H,12-16,18H2,1H3,(H,28,34). The van der Waals surface area contributed by atoms with Gasteiger partial charge in [0.25, 0.3) is 0 Å². The van der Waals surface area contributed by atoms with E-state index in [-0.39, 0.29) is 11.8 Å². The van der Waals surface area contributed by atoms with Crippen molar-refractivity contribution in [1.82, 2.24) is 25.7 Å². The third-order valence-electron chi connectivity index (χ3n) is 6.29. The summed E-state index contributed by atoms with van der Waals surface area (Å²) in [6, 6.07) is 18.8. The van der Waals surface area contributed by atoms with Crippen LogP contribution in [0.25, 0.3) is 22.7 Å². The molecular formula is C27H28N6O4. The fraction of sp³-hybridized carbons (Fsp3) is 0.296. The zero-order chi connectivity index (χ0) is 25.5. The van der Waals surface area contributed by atoms with Crippen molar-refractivity contribution in [2.45, 2.75) is 12.8 Å². The Labute approximate surface area is 214 Å². The molecule has 0 bridgehead atoms. The molecule has 10 heteroatoms. The molecule has 190 valence electrons. The van der Waals surface area contributed by atoms with Crippen LogP contribution in [0.4, 0.5) is 5.82 Å². The highest BCUT2D eigenvalue weighted by Crippen LogP contribution is 2.25. The first-order valence-electron chi connectivity index (χ1n) is 12.2. The molecular weight excluding hydrogens is 472 g/mol. The first-order chi connectivity index (χ1) is 18.2. The highest BCUT2D eigenvalue weighted by molar-refractivity contribution is 5.79. The molecule has 1 saturated heterocycles. The molecule has 0 atom stereocenters. The molecule has 1 aromatic carbocycles. The monoisotopic (exact) mass is 500 g/mol. The molecule has 0 unspecified atom stereocenters. The van der Waals surface area contributed by atoms with Crippen LogP contribution in [-0.4, -0.2) is 59.7 Å². The van der Waals surface area contributed by atoms with Crippen molar-refractivity contribution >= 4 is 11.7 Å². The molecule has 1 fully saturated rings. The number of methoxy groups -OCH3 is 1. The van der Waals surface area contributed by atoms with E-state index in [1.807, 2.05) is 42.5 Å². The number of carbonyl (C=O) groups is 1. The van der Waals surface area contributed by atoms with Gasteiger partial charge < -0.3 is 24.1 Å². The molecule has 1 aliphatic heterocycles. The number of benzene rings is 1. The minimum atomic E-state index is -0.0323. The first-order valence-corrected chi connectivity index (χ1v) is 12.2. The normalized spacial score (nSPS) is 13.8. The van der Waals surface area contributed by atoms with Crippen LogP contribution in [-0.2, 0) is 4.79 Å². The van der Waals surface area contributed by atoms with Gasteiger partial charge in [0, 0.05) is 30.6 Å². The van der Waals surface area contributed by atoms with Crippen LogP contribution in [0.15, 0.2) is 71.3 Å². The third kappa shape index (κ3) is 6.03. The summed E-state index contributed by atoms with van der Waals surface area (Å²) in [6.07, 6.45) is 3.10. The lowest BCUT2D eigenvalue weighted by molar-refractivity contribution is -0.125. The molecule has 37 heavy (non-hydrogen) atoms. The van der Waals surface area contributed by atoms with E-state index < -0.39 is 0 Å². The zero-order valence-corrected chi connectivity index (χ0v) is 20.5. The van der Waals surface area contributed by atoms with Crippen molar-refractivity contribution in [2.24, 2.45) is 5.92 Å². The summed E-state index contributed by atoms with van der Waals surface area (Å²) in [7, 11) is 1.64. The number of rotatable bonds is 9. The van der Waals surface area contributed by atoms with Crippen LogP contribution in [0.3, 0.4) is 0 Å². The van der Waals surface area contributed by atoms with Crippen LogP contribution in [0, 0.1) is 5.92 Å². The molecule has 4 aromatic rings. The van der Waals surface area contributed by atoms with Crippen molar-refractivity contribution < 1.29 is 18.7 Å². The van der Waals surface area contributed by atoms with Gasteiger partial charge in [0.05, 0.1) is 25.6 Å². The number of anilines is 1. The highest BCUT2D eigenvalue weighted by Gasteiger charge is 2.25. The first kappa shape index (κ1) is 24.2. The van der Waals surface area contributed by atoms with E-state index in [1.54, 1.807) is 31.6 Å². The summed E-state index contributed by atoms with van der Waals surface area (Å²) in [4.78, 5) is 14.8. The van der Waals surface area contributed by atoms with E-state index in [4.69, 9.17) is 13.9 Å². The van der Waals surface area contributed by atoms with Crippen LogP contribution < -0.4 is 19.7 Å². The van der Waals surface area contributed by atoms with Crippen LogP contribution in [0.1, 0.15) is 12.8 Å². The van der Waals surface area contributed by atoms with Gasteiger partial charge in [-0.05, 0) is 67.4 Å². The predicted molar refractivity (Wildman–Crippen MR) is 137 cm³/mol. The second-order valence-electron chi connectivity index (χ2n) is 8.64. The average Bonchev–Trinajstić information content (AvgIpc) is 3.51. The Bertz CT molecular complexity index is 1270. The maximum Gasteiger partial charge on any atom is 0.233 e. The lowest BCUT2D eigenvalue weighted by Gasteiger charge is -2.31. The Morgan fingerprint density at radius 3 is 2.41 bits per heavy atom. The summed E-state index contributed by atoms with van der Waals surface area (Å²) < 4.78 is 16.1. The lowest BCUT2D eigenvalue weighted by atomic mass is 9.96. The molecule has 1 amide bonds. The van der Waals surface area contributed by atoms with E-state index >= 15 is 0 Å². The number of carbonyl (C=O) groups excluding carboxylic acids is 1. The summed E-state index contributed by atoms with van der Waals surface area (Å²) in [5.41, 5.74) is 2.43. The zero-order valence-electron chi connectivity index (χ0n) is 20.5. The number of hydrogen-bond donors (Lipinski definition) is 1. The van der Waals surface area contributed by atoms with Gasteiger partial charge in [-0.3, -0.25) is 4.79 Å². The van der Waals surface area contributed by atoms with Gasteiger partial charge in [0.15, 0.2) is 11.6 Å². The molecule has 1 aliphatic rings. The molecule has 0 radical (unpaired) electrons. The maximum absolute atomic E-state index is 12.6. The van der Waals surface area contributed by atoms with Crippen molar-refractivity contribution in [3.8, 4) is 34.3 Å². The van der Waals surface area contributed by atoms with Crippen molar-refractivity contribution in [3.63, 3.8) is 0 Å². The van der Waals surface area contributed by atoms with E-state index in [0.29, 0.717) is 30.5 Å². The van der Waals surface area contributed by atoms with Crippen LogP contribution >= 0.6 is 0 Å². The molecule has 0 saturated carbocycles. The van der Waals surface area contributed by atoms with Gasteiger partial charge in [-0.1, -0.05) is 0 Å². The number of nitrogens with zero attached hydrogens (tertiary/aromatic N) is 5. The minimum absolute atomic E-state index is 0.0323. The van der Waals surface area contributed by atoms with Crippen LogP contribution in [0.5, 0.6) is 11.6 Å². The average molecular weight is 501 g/mol. The number of hydrogen-bond acceptors (Lipinski definition) is 9. The fourth-order valence-electron chi connectivity index (χ4n) is 4.21. The molecule has 3 aromatic heterocycles. The number of ether oxygens (including phenoxy) is 2. The van der Waals surface area contributed by atoms with Crippen LogP contribution in [0.2, 0.25) is 0 Å². The molecule has 0 aliphatic carbocycles. The van der Waals surface area contributed by atoms with E-state index in [0.717, 1.165) is 48.8 Å². The van der Waals surface area contributed by atoms with E-state index in [1.165, 1.54) is 0 Å². The Morgan fingerprint density at radius 2 is 1.76 bits per heavy atom. The highest BCUT2D eigenvalue weighted by atomic mass is 16.5. The summed E-state index contributed by atoms with van der Waals surface area (Å²) in [5.74, 6) is 2.69. The van der Waals surface area contributed by atoms with Gasteiger partial charge in [0.1, 0.15) is 18.1 Å². The van der Waals surface area contributed by atoms with Gasteiger partial charge in [-0.25, -0.2) is 0 Å². The van der Waals surface area contributed by atoms with E-state index in [2.05, 4.69) is 30.6 Å². The van der Waals surface area contributed by atoms with Gasteiger partial charge in [-0.15, -0.1) is 20.4 Å². The number of furan rings is 1. The Kier molecular flexibility index (Phi) is 7.54. The van der Waals surface area contributed by atoms with Gasteiger partial charge in [0.2, 0.25) is 11.8 Å². The maximum atomic E-state index is 12.6. The third-order valence-corrected chi connectivity index (χ3v) is 6.29. The molecule has 10 nitrogen and oxygen atoms in total. The summed E-state index contributed by atoms with van der Waals surface area (Å²) >= 11 is 0. The number of amides is 1. The molecule has 0 spiro atoms. The van der Waals surface area contributed by atoms with Gasteiger partial charge in [-0.2, -0.15) is 0 Å². The van der Waals surface area contributed by atoms with Crippen molar-refractivity contribution in [1.29, 1.82) is 0 Å². The fourth-order valence-corrected chi connectivity index (χ4v) is 4.21. The van der Waals surface area contributed by atoms with Crippen molar-refractivity contribution in [2.75, 3.05) is 38.3 Å². The quantitative estimate of drug-likeness (QED) is 0.344. The second kappa shape index (κ2) is 11.5. The largest absolute Gasteiger partial charge is 0.497 e. The SMILES string of the molecule is COc1ccc(-c2ccc(N3CCC(C(=O)NCCOc4ccc(-c5ccco5)nn4)CC3)nn2)cc1. The Hall–Kier alpha value is -4.47. The second-order valence-corrected chi connectivity index (χ2v) is 8.64. The van der Waals surface area contributed by atoms with Gasteiger partial charge >= 0.3 is 0 Å². The summed E-state index contributed by atoms with van der Waals surface area (Å²) in [5, 5.41) is 19.9. The van der Waals surface area contributed by atoms with Crippen molar-refractivity contribution in [3.05, 3.63) is 66.9 Å². The number of aromatic nitrogens is 4. The lowest BCUT2D eigenvalue weighted by Crippen LogP contribution is -2.41. The Balaban J connectivity index is 1.03. The Morgan fingerprint density at radius 1 is 0.973 bits per heavy atom. The van der Waals surface area contributed by atoms with E-state index in [9.17, 15) is 4.79 Å². The topological polar surface area (TPSA) is 116 Å². The molecule has 1 N–H and O–H groups in total. The summed E-state index contributed by atoms with van der Waals surface area (Å²) in [6.45, 7) is 2.22. The smallest absolute Gasteiger partial charge is 0.233 e. The minimum Gasteiger partial charge on any atom is -0.497 e. The molecule has 5 rings (SSSR count). The number of piperidine rings is 1. The molecule has 4 heterocycles. The number of nitrogens with one attached hydrogen (secondary N) is 1. The predicted octanol–water partition coefficient (Wildman–Crippen LogP) is 3.61.